The molecule has 4 saturated carbocycles. The third-order valence-electron chi connectivity index (χ3n) is 7.19. The van der Waals surface area contributed by atoms with Crippen molar-refractivity contribution in [1.29, 1.82) is 0 Å². The van der Waals surface area contributed by atoms with Crippen molar-refractivity contribution in [2.45, 2.75) is 63.0 Å². The van der Waals surface area contributed by atoms with Crippen molar-refractivity contribution in [2.75, 3.05) is 0 Å². The van der Waals surface area contributed by atoms with E-state index in [1.54, 1.807) is 13.8 Å². The topological polar surface area (TPSA) is 92.8 Å². The molecule has 2 aromatic rings. The van der Waals surface area contributed by atoms with E-state index in [9.17, 15) is 9.18 Å². The van der Waals surface area contributed by atoms with Gasteiger partial charge in [0.15, 0.2) is 11.4 Å². The summed E-state index contributed by atoms with van der Waals surface area (Å²) in [5.41, 5.74) is -1.48. The second-order valence-corrected chi connectivity index (χ2v) is 10.0. The van der Waals surface area contributed by atoms with Gasteiger partial charge in [-0.3, -0.25) is 4.79 Å². The molecule has 0 saturated heterocycles. The number of hydrogen-bond acceptors (Lipinski definition) is 5. The number of tetrazole rings is 1. The van der Waals surface area contributed by atoms with Crippen LogP contribution in [0, 0.1) is 23.6 Å². The highest BCUT2D eigenvalue weighted by Gasteiger charge is 2.60. The fourth-order valence-corrected chi connectivity index (χ4v) is 6.39. The van der Waals surface area contributed by atoms with Gasteiger partial charge in [0, 0.05) is 6.04 Å². The lowest BCUT2D eigenvalue weighted by Gasteiger charge is -2.60. The van der Waals surface area contributed by atoms with E-state index < -0.39 is 11.4 Å². The molecule has 1 aromatic heterocycles. The summed E-state index contributed by atoms with van der Waals surface area (Å²) in [5, 5.41) is 18.5. The van der Waals surface area contributed by atoms with E-state index in [2.05, 4.69) is 25.9 Å². The van der Waals surface area contributed by atoms with Crippen molar-refractivity contribution >= 4 is 17.5 Å². The fraction of sp³-hybridized carbons (Fsp3) is 0.619. The highest BCUT2D eigenvalue weighted by molar-refractivity contribution is 6.32. The monoisotopic (exact) mass is 433 g/mol. The maximum Gasteiger partial charge on any atom is 0.263 e. The largest absolute Gasteiger partial charge is 0.476 e. The highest BCUT2D eigenvalue weighted by Crippen LogP contribution is 2.60. The zero-order valence-corrected chi connectivity index (χ0v) is 17.7. The van der Waals surface area contributed by atoms with E-state index in [4.69, 9.17) is 16.3 Å². The number of amides is 1. The predicted octanol–water partition coefficient (Wildman–Crippen LogP) is 3.41. The Morgan fingerprint density at radius 2 is 2.03 bits per heavy atom. The molecule has 7 nitrogen and oxygen atoms in total. The van der Waals surface area contributed by atoms with Crippen molar-refractivity contribution in [3.05, 3.63) is 34.9 Å². The number of aromatic nitrogens is 4. The predicted molar refractivity (Wildman–Crippen MR) is 107 cm³/mol. The lowest BCUT2D eigenvalue weighted by atomic mass is 9.47. The quantitative estimate of drug-likeness (QED) is 0.753. The van der Waals surface area contributed by atoms with Gasteiger partial charge >= 0.3 is 0 Å². The van der Waals surface area contributed by atoms with E-state index in [-0.39, 0.29) is 28.1 Å². The van der Waals surface area contributed by atoms with Crippen LogP contribution in [0.25, 0.3) is 0 Å². The van der Waals surface area contributed by atoms with Crippen LogP contribution in [-0.2, 0) is 10.2 Å². The summed E-state index contributed by atoms with van der Waals surface area (Å²) in [5.74, 6) is 1.98. The maximum absolute atomic E-state index is 13.4. The van der Waals surface area contributed by atoms with Gasteiger partial charge in [0.2, 0.25) is 0 Å². The molecule has 30 heavy (non-hydrogen) atoms. The van der Waals surface area contributed by atoms with Crippen LogP contribution in [0.2, 0.25) is 5.02 Å². The normalized spacial score (nSPS) is 32.3. The van der Waals surface area contributed by atoms with Crippen LogP contribution in [0.15, 0.2) is 18.2 Å². The molecule has 4 fully saturated rings. The zero-order chi connectivity index (χ0) is 21.1. The van der Waals surface area contributed by atoms with Crippen molar-refractivity contribution < 1.29 is 13.9 Å². The lowest BCUT2D eigenvalue weighted by molar-refractivity contribution is -0.139. The standard InChI is InChI=1S/C21H25ClFN5O2/c1-20(2,30-16-4-3-14(23)8-15(16)22)19(29)24-17-13-6-11-5-12(7-13)10-21(17,9-11)18-25-27-28-26-18/h3-4,8,11-13,17H,5-7,9-10H2,1-2H3,(H,24,29)(H,25,26,27,28). The van der Waals surface area contributed by atoms with E-state index in [0.29, 0.717) is 23.6 Å². The second kappa shape index (κ2) is 6.90. The van der Waals surface area contributed by atoms with E-state index in [1.807, 2.05) is 0 Å². The summed E-state index contributed by atoms with van der Waals surface area (Å²) >= 11 is 6.10. The van der Waals surface area contributed by atoms with E-state index in [1.165, 1.54) is 24.6 Å². The first-order valence-electron chi connectivity index (χ1n) is 10.5. The number of aromatic amines is 1. The summed E-state index contributed by atoms with van der Waals surface area (Å²) in [6, 6.07) is 3.81. The van der Waals surface area contributed by atoms with Crippen LogP contribution in [0.4, 0.5) is 4.39 Å². The van der Waals surface area contributed by atoms with E-state index >= 15 is 0 Å². The van der Waals surface area contributed by atoms with Crippen LogP contribution in [0.3, 0.4) is 0 Å². The van der Waals surface area contributed by atoms with Crippen LogP contribution in [0.5, 0.6) is 5.75 Å². The Morgan fingerprint density at radius 3 is 2.67 bits per heavy atom. The number of H-pyrrole nitrogens is 1. The third-order valence-corrected chi connectivity index (χ3v) is 7.49. The van der Waals surface area contributed by atoms with Crippen LogP contribution in [0.1, 0.15) is 51.8 Å². The van der Waals surface area contributed by atoms with Crippen LogP contribution >= 0.6 is 11.6 Å². The Bertz CT molecular complexity index is 952. The summed E-state index contributed by atoms with van der Waals surface area (Å²) in [4.78, 5) is 13.3. The molecule has 6 rings (SSSR count). The smallest absolute Gasteiger partial charge is 0.263 e. The van der Waals surface area contributed by atoms with Crippen molar-refractivity contribution in [2.24, 2.45) is 17.8 Å². The minimum absolute atomic E-state index is 0.0676. The van der Waals surface area contributed by atoms with Crippen molar-refractivity contribution in [1.82, 2.24) is 25.9 Å². The van der Waals surface area contributed by atoms with Crippen molar-refractivity contribution in [3.63, 3.8) is 0 Å². The van der Waals surface area contributed by atoms with E-state index in [0.717, 1.165) is 25.7 Å². The van der Waals surface area contributed by atoms with Crippen LogP contribution < -0.4 is 10.1 Å². The highest BCUT2D eigenvalue weighted by atomic mass is 35.5. The fourth-order valence-electron chi connectivity index (χ4n) is 6.19. The van der Waals surface area contributed by atoms with Crippen LogP contribution in [-0.4, -0.2) is 38.2 Å². The first kappa shape index (κ1) is 19.7. The number of halogens is 2. The number of rotatable bonds is 5. The minimum Gasteiger partial charge on any atom is -0.476 e. The summed E-state index contributed by atoms with van der Waals surface area (Å²) < 4.78 is 19.3. The Morgan fingerprint density at radius 1 is 1.30 bits per heavy atom. The van der Waals surface area contributed by atoms with Gasteiger partial charge in [-0.05, 0) is 81.9 Å². The molecule has 1 amide bonds. The van der Waals surface area contributed by atoms with Gasteiger partial charge in [0.1, 0.15) is 11.6 Å². The zero-order valence-electron chi connectivity index (χ0n) is 17.0. The summed E-state index contributed by atoms with van der Waals surface area (Å²) in [6.07, 6.45) is 5.43. The minimum atomic E-state index is -1.19. The summed E-state index contributed by atoms with van der Waals surface area (Å²) in [6.45, 7) is 3.39. The molecule has 4 bridgehead atoms. The van der Waals surface area contributed by atoms with Gasteiger partial charge in [-0.15, -0.1) is 10.2 Å². The number of carbonyl (C=O) groups is 1. The molecule has 0 radical (unpaired) electrons. The molecule has 9 heteroatoms. The Hall–Kier alpha value is -2.22. The molecule has 1 aromatic carbocycles. The first-order chi connectivity index (χ1) is 14.3. The Labute approximate surface area is 179 Å². The average Bonchev–Trinajstić information content (AvgIpc) is 3.22. The van der Waals surface area contributed by atoms with Gasteiger partial charge in [-0.25, -0.2) is 4.39 Å². The van der Waals surface area contributed by atoms with Gasteiger partial charge < -0.3 is 10.1 Å². The van der Waals surface area contributed by atoms with Crippen molar-refractivity contribution in [3.8, 4) is 5.75 Å². The second-order valence-electron chi connectivity index (χ2n) is 9.64. The number of nitrogens with one attached hydrogen (secondary N) is 2. The molecule has 4 aliphatic rings. The molecule has 3 unspecified atom stereocenters. The Balaban J connectivity index is 1.40. The molecule has 3 atom stereocenters. The van der Waals surface area contributed by atoms with Gasteiger partial charge in [0.05, 0.1) is 10.4 Å². The Kier molecular flexibility index (Phi) is 4.54. The van der Waals surface area contributed by atoms with Gasteiger partial charge in [-0.1, -0.05) is 16.8 Å². The summed E-state index contributed by atoms with van der Waals surface area (Å²) in [7, 11) is 0. The molecule has 1 heterocycles. The maximum atomic E-state index is 13.4. The molecule has 160 valence electrons. The number of carbonyl (C=O) groups excluding carboxylic acids is 1. The number of nitrogens with zero attached hydrogens (tertiary/aromatic N) is 3. The number of ether oxygens (including phenoxy) is 1. The lowest BCUT2D eigenvalue weighted by Crippen LogP contribution is -2.66. The molecule has 0 spiro atoms. The third kappa shape index (κ3) is 3.16. The average molecular weight is 434 g/mol. The molecular formula is C21H25ClFN5O2. The van der Waals surface area contributed by atoms with Gasteiger partial charge in [0.25, 0.3) is 5.91 Å². The molecular weight excluding hydrogens is 409 g/mol. The SMILES string of the molecule is CC(C)(Oc1ccc(F)cc1Cl)C(=O)NC1C2CC3CC(C2)CC1(c1nn[nH]n1)C3. The molecule has 0 aliphatic heterocycles. The molecule has 2 N–H and O–H groups in total. The first-order valence-corrected chi connectivity index (χ1v) is 10.8. The molecule has 4 aliphatic carbocycles. The van der Waals surface area contributed by atoms with Gasteiger partial charge in [-0.2, -0.15) is 5.21 Å². The number of benzene rings is 1. The number of hydrogen-bond donors (Lipinski definition) is 2.